The van der Waals surface area contributed by atoms with Crippen LogP contribution >= 0.6 is 0 Å². The Bertz CT molecular complexity index is 243. The SMILES string of the molecule is CC(C)C1C(C)C1C(=O)N1CCCCC1. The molecule has 0 spiro atoms. The summed E-state index contributed by atoms with van der Waals surface area (Å²) in [5.41, 5.74) is 0. The lowest BCUT2D eigenvalue weighted by molar-refractivity contribution is -0.134. The van der Waals surface area contributed by atoms with E-state index in [0.29, 0.717) is 29.6 Å². The molecule has 3 atom stereocenters. The molecule has 86 valence electrons. The first kappa shape index (κ1) is 11.0. The van der Waals surface area contributed by atoms with Crippen molar-refractivity contribution in [3.63, 3.8) is 0 Å². The fourth-order valence-corrected chi connectivity index (χ4v) is 3.23. The number of carbonyl (C=O) groups excluding carboxylic acids is 1. The zero-order valence-electron chi connectivity index (χ0n) is 10.2. The van der Waals surface area contributed by atoms with Crippen LogP contribution in [0.25, 0.3) is 0 Å². The van der Waals surface area contributed by atoms with Gasteiger partial charge in [0.1, 0.15) is 0 Å². The molecule has 1 saturated heterocycles. The highest BCUT2D eigenvalue weighted by Gasteiger charge is 2.53. The van der Waals surface area contributed by atoms with Crippen LogP contribution in [0.5, 0.6) is 0 Å². The van der Waals surface area contributed by atoms with Crippen molar-refractivity contribution in [3.05, 3.63) is 0 Å². The normalized spacial score (nSPS) is 35.7. The minimum Gasteiger partial charge on any atom is -0.342 e. The van der Waals surface area contributed by atoms with Crippen LogP contribution in [-0.2, 0) is 4.79 Å². The van der Waals surface area contributed by atoms with Gasteiger partial charge in [0, 0.05) is 19.0 Å². The first-order valence-corrected chi connectivity index (χ1v) is 6.41. The second-order valence-electron chi connectivity index (χ2n) is 5.59. The van der Waals surface area contributed by atoms with Gasteiger partial charge in [-0.2, -0.15) is 0 Å². The van der Waals surface area contributed by atoms with Gasteiger partial charge in [0.25, 0.3) is 0 Å². The Morgan fingerprint density at radius 3 is 2.27 bits per heavy atom. The van der Waals surface area contributed by atoms with Crippen molar-refractivity contribution in [1.82, 2.24) is 4.90 Å². The molecular weight excluding hydrogens is 186 g/mol. The third-order valence-corrected chi connectivity index (χ3v) is 4.17. The summed E-state index contributed by atoms with van der Waals surface area (Å²) in [4.78, 5) is 14.3. The van der Waals surface area contributed by atoms with E-state index in [9.17, 15) is 4.79 Å². The highest BCUT2D eigenvalue weighted by Crippen LogP contribution is 2.51. The molecule has 1 saturated carbocycles. The third kappa shape index (κ3) is 2.04. The second kappa shape index (κ2) is 4.15. The Labute approximate surface area is 93.0 Å². The number of hydrogen-bond acceptors (Lipinski definition) is 1. The van der Waals surface area contributed by atoms with Gasteiger partial charge in [-0.15, -0.1) is 0 Å². The summed E-state index contributed by atoms with van der Waals surface area (Å²) in [6.45, 7) is 8.73. The maximum atomic E-state index is 12.2. The molecule has 0 N–H and O–H groups in total. The summed E-state index contributed by atoms with van der Waals surface area (Å²) < 4.78 is 0. The summed E-state index contributed by atoms with van der Waals surface area (Å²) in [5, 5.41) is 0. The van der Waals surface area contributed by atoms with Crippen LogP contribution in [0.1, 0.15) is 40.0 Å². The molecule has 0 aromatic heterocycles. The fourth-order valence-electron chi connectivity index (χ4n) is 3.23. The number of nitrogens with zero attached hydrogens (tertiary/aromatic N) is 1. The summed E-state index contributed by atoms with van der Waals surface area (Å²) in [7, 11) is 0. The first-order chi connectivity index (χ1) is 7.13. The van der Waals surface area contributed by atoms with E-state index in [0.717, 1.165) is 13.1 Å². The van der Waals surface area contributed by atoms with E-state index in [2.05, 4.69) is 25.7 Å². The molecule has 1 aliphatic heterocycles. The van der Waals surface area contributed by atoms with Gasteiger partial charge in [0.15, 0.2) is 0 Å². The van der Waals surface area contributed by atoms with Crippen molar-refractivity contribution in [1.29, 1.82) is 0 Å². The van der Waals surface area contributed by atoms with Crippen LogP contribution in [0.4, 0.5) is 0 Å². The number of likely N-dealkylation sites (tertiary alicyclic amines) is 1. The largest absolute Gasteiger partial charge is 0.342 e. The van der Waals surface area contributed by atoms with E-state index in [4.69, 9.17) is 0 Å². The van der Waals surface area contributed by atoms with Crippen LogP contribution in [0.2, 0.25) is 0 Å². The number of piperidine rings is 1. The Morgan fingerprint density at radius 1 is 1.20 bits per heavy atom. The highest BCUT2D eigenvalue weighted by atomic mass is 16.2. The molecule has 2 rings (SSSR count). The van der Waals surface area contributed by atoms with Gasteiger partial charge in [-0.1, -0.05) is 20.8 Å². The Morgan fingerprint density at radius 2 is 1.80 bits per heavy atom. The molecule has 2 heteroatoms. The molecule has 2 aliphatic rings. The smallest absolute Gasteiger partial charge is 0.226 e. The number of rotatable bonds is 2. The standard InChI is InChI=1S/C13H23NO/c1-9(2)11-10(3)12(11)13(15)14-7-5-4-6-8-14/h9-12H,4-8H2,1-3H3. The Hall–Kier alpha value is -0.530. The van der Waals surface area contributed by atoms with Gasteiger partial charge in [0.2, 0.25) is 5.91 Å². The Balaban J connectivity index is 1.91. The topological polar surface area (TPSA) is 20.3 Å². The Kier molecular flexibility index (Phi) is 3.03. The van der Waals surface area contributed by atoms with Crippen molar-refractivity contribution in [2.75, 3.05) is 13.1 Å². The summed E-state index contributed by atoms with van der Waals surface area (Å²) in [5.74, 6) is 2.74. The van der Waals surface area contributed by atoms with Crippen molar-refractivity contribution >= 4 is 5.91 Å². The van der Waals surface area contributed by atoms with E-state index < -0.39 is 0 Å². The maximum absolute atomic E-state index is 12.2. The predicted molar refractivity (Wildman–Crippen MR) is 61.4 cm³/mol. The average Bonchev–Trinajstić information content (AvgIpc) is 2.90. The van der Waals surface area contributed by atoms with Crippen LogP contribution in [-0.4, -0.2) is 23.9 Å². The molecule has 2 fully saturated rings. The zero-order chi connectivity index (χ0) is 11.0. The van der Waals surface area contributed by atoms with E-state index in [1.807, 2.05) is 0 Å². The number of hydrogen-bond donors (Lipinski definition) is 0. The molecule has 1 heterocycles. The third-order valence-electron chi connectivity index (χ3n) is 4.17. The molecule has 0 aromatic carbocycles. The minimum atomic E-state index is 0.350. The quantitative estimate of drug-likeness (QED) is 0.684. The van der Waals surface area contributed by atoms with Gasteiger partial charge in [-0.05, 0) is 37.0 Å². The van der Waals surface area contributed by atoms with Crippen LogP contribution in [0, 0.1) is 23.7 Å². The minimum absolute atomic E-state index is 0.350. The van der Waals surface area contributed by atoms with E-state index in [-0.39, 0.29) is 0 Å². The van der Waals surface area contributed by atoms with Gasteiger partial charge >= 0.3 is 0 Å². The van der Waals surface area contributed by atoms with E-state index in [1.54, 1.807) is 0 Å². The number of carbonyl (C=O) groups is 1. The molecule has 2 nitrogen and oxygen atoms in total. The van der Waals surface area contributed by atoms with Gasteiger partial charge < -0.3 is 4.90 Å². The monoisotopic (exact) mass is 209 g/mol. The van der Waals surface area contributed by atoms with Crippen LogP contribution < -0.4 is 0 Å². The molecule has 0 aromatic rings. The highest BCUT2D eigenvalue weighted by molar-refractivity contribution is 5.82. The molecule has 3 unspecified atom stereocenters. The number of amides is 1. The average molecular weight is 209 g/mol. The summed E-state index contributed by atoms with van der Waals surface area (Å²) >= 11 is 0. The summed E-state index contributed by atoms with van der Waals surface area (Å²) in [6, 6.07) is 0. The van der Waals surface area contributed by atoms with Crippen LogP contribution in [0.3, 0.4) is 0 Å². The van der Waals surface area contributed by atoms with E-state index >= 15 is 0 Å². The zero-order valence-corrected chi connectivity index (χ0v) is 10.2. The van der Waals surface area contributed by atoms with Crippen molar-refractivity contribution < 1.29 is 4.79 Å². The molecule has 1 aliphatic carbocycles. The lowest BCUT2D eigenvalue weighted by Crippen LogP contribution is -2.37. The van der Waals surface area contributed by atoms with Crippen molar-refractivity contribution in [2.24, 2.45) is 23.7 Å². The van der Waals surface area contributed by atoms with Gasteiger partial charge in [-0.25, -0.2) is 0 Å². The summed E-state index contributed by atoms with van der Waals surface area (Å²) in [6.07, 6.45) is 3.72. The van der Waals surface area contributed by atoms with Crippen LogP contribution in [0.15, 0.2) is 0 Å². The predicted octanol–water partition coefficient (Wildman–Crippen LogP) is 2.54. The first-order valence-electron chi connectivity index (χ1n) is 6.41. The van der Waals surface area contributed by atoms with Gasteiger partial charge in [-0.3, -0.25) is 4.79 Å². The molecule has 0 radical (unpaired) electrons. The lowest BCUT2D eigenvalue weighted by Gasteiger charge is -2.27. The van der Waals surface area contributed by atoms with E-state index in [1.165, 1.54) is 19.3 Å². The molecule has 0 bridgehead atoms. The van der Waals surface area contributed by atoms with Crippen molar-refractivity contribution in [3.8, 4) is 0 Å². The second-order valence-corrected chi connectivity index (χ2v) is 5.59. The lowest BCUT2D eigenvalue weighted by atomic mass is 10.1. The maximum Gasteiger partial charge on any atom is 0.226 e. The molecule has 1 amide bonds. The molecule has 15 heavy (non-hydrogen) atoms. The fraction of sp³-hybridized carbons (Fsp3) is 0.923. The molecular formula is C13H23NO. The van der Waals surface area contributed by atoms with Gasteiger partial charge in [0.05, 0.1) is 0 Å². The van der Waals surface area contributed by atoms with Crippen molar-refractivity contribution in [2.45, 2.75) is 40.0 Å².